The minimum absolute atomic E-state index is 0. The molecule has 0 saturated carbocycles. The number of aliphatic hydroxyl groups is 1. The second-order valence-electron chi connectivity index (χ2n) is 17.6. The first-order chi connectivity index (χ1) is 29.3. The van der Waals surface area contributed by atoms with Crippen LogP contribution < -0.4 is 36.2 Å². The summed E-state index contributed by atoms with van der Waals surface area (Å²) in [6.07, 6.45) is 20.1. The van der Waals surface area contributed by atoms with Crippen LogP contribution in [-0.4, -0.2) is 65.6 Å². The maximum Gasteiger partial charge on any atom is 2.00 e. The first-order valence-corrected chi connectivity index (χ1v) is 22.3. The minimum Gasteiger partial charge on any atom is -0.681 e. The first-order valence-electron chi connectivity index (χ1n) is 22.3. The Hall–Kier alpha value is -4.48. The van der Waals surface area contributed by atoms with Gasteiger partial charge in [0.25, 0.3) is 0 Å². The summed E-state index contributed by atoms with van der Waals surface area (Å²) in [7, 11) is 1.28. The molecule has 0 spiro atoms. The smallest absolute Gasteiger partial charge is 0.681 e. The summed E-state index contributed by atoms with van der Waals surface area (Å²) < 4.78 is 11.0. The Kier molecular flexibility index (Phi) is 16.6. The number of rotatable bonds is 17. The van der Waals surface area contributed by atoms with Crippen molar-refractivity contribution in [2.45, 2.75) is 126 Å². The van der Waals surface area contributed by atoms with Gasteiger partial charge in [0.1, 0.15) is 12.5 Å². The Bertz CT molecular complexity index is 2480. The third-order valence-corrected chi connectivity index (χ3v) is 13.6. The number of nitrogens with zero attached hydrogens (tertiary/aromatic N) is 4. The Labute approximate surface area is 383 Å². The molecule has 3 aromatic rings. The molecule has 1 unspecified atom stereocenters. The number of ether oxygens (including phenoxy) is 2. The maximum atomic E-state index is 14.4. The van der Waals surface area contributed by atoms with E-state index in [4.69, 9.17) is 29.7 Å². The quantitative estimate of drug-likeness (QED) is 0.0675. The number of aliphatic hydroxyl groups excluding tert-OH is 1. The van der Waals surface area contributed by atoms with Crippen LogP contribution in [0.2, 0.25) is 0 Å². The number of hydrogen-bond acceptors (Lipinski definition) is 6. The van der Waals surface area contributed by atoms with Gasteiger partial charge in [0.05, 0.1) is 13.4 Å². The van der Waals surface area contributed by atoms with E-state index in [1.807, 2.05) is 45.1 Å². The third-order valence-electron chi connectivity index (χ3n) is 13.6. The second-order valence-corrected chi connectivity index (χ2v) is 17.6. The maximum absolute atomic E-state index is 14.4. The molecule has 1 saturated heterocycles. The van der Waals surface area contributed by atoms with E-state index in [9.17, 15) is 19.5 Å². The molecule has 5 heterocycles. The molecule has 3 aromatic heterocycles. The Balaban J connectivity index is 0.00000726. The molecule has 2 aliphatic heterocycles. The molecule has 6 atom stereocenters. The van der Waals surface area contributed by atoms with Crippen molar-refractivity contribution in [1.82, 2.24) is 15.0 Å². The van der Waals surface area contributed by atoms with E-state index in [-0.39, 0.29) is 59.7 Å². The van der Waals surface area contributed by atoms with Crippen molar-refractivity contribution in [3.63, 3.8) is 0 Å². The van der Waals surface area contributed by atoms with E-state index in [0.29, 0.717) is 73.8 Å². The fourth-order valence-corrected chi connectivity index (χ4v) is 9.48. The van der Waals surface area contributed by atoms with E-state index in [2.05, 4.69) is 41.2 Å². The molecule has 11 heteroatoms. The summed E-state index contributed by atoms with van der Waals surface area (Å²) in [6, 6.07) is -0.649. The molecular formula is C51H64MgN4O6-2. The van der Waals surface area contributed by atoms with Crippen molar-refractivity contribution in [3.8, 4) is 0 Å². The largest absolute Gasteiger partial charge is 2.00 e. The number of methoxy groups -OCH3 is 1. The van der Waals surface area contributed by atoms with Crippen LogP contribution in [0, 0.1) is 43.4 Å². The summed E-state index contributed by atoms with van der Waals surface area (Å²) in [4.78, 5) is 56.3. The van der Waals surface area contributed by atoms with Gasteiger partial charge < -0.3 is 34.8 Å². The number of aromatic nitrogens is 3. The van der Waals surface area contributed by atoms with Crippen molar-refractivity contribution in [3.05, 3.63) is 95.4 Å². The van der Waals surface area contributed by atoms with Gasteiger partial charge in [-0.3, -0.25) is 14.4 Å². The molecule has 328 valence electrons. The van der Waals surface area contributed by atoms with Crippen LogP contribution >= 0.6 is 0 Å². The van der Waals surface area contributed by atoms with Gasteiger partial charge in [0, 0.05) is 12.0 Å². The predicted molar refractivity (Wildman–Crippen MR) is 248 cm³/mol. The molecule has 0 amide bonds. The van der Waals surface area contributed by atoms with Gasteiger partial charge in [-0.25, -0.2) is 0 Å². The number of allylic oxidation sites excluding steroid dienone is 2. The number of hydrogen-bond donors (Lipinski definition) is 1. The van der Waals surface area contributed by atoms with Crippen LogP contribution in [-0.2, 0) is 25.5 Å². The van der Waals surface area contributed by atoms with Gasteiger partial charge in [-0.05, 0) is 87.0 Å². The molecule has 10 nitrogen and oxygen atoms in total. The summed E-state index contributed by atoms with van der Waals surface area (Å²) in [6.45, 7) is 21.2. The third kappa shape index (κ3) is 9.99. The van der Waals surface area contributed by atoms with Crippen molar-refractivity contribution in [2.24, 2.45) is 29.6 Å². The van der Waals surface area contributed by atoms with Gasteiger partial charge >= 0.3 is 35.0 Å². The number of fused-ring (bicyclic) bond motifs is 8. The number of Topliss-reactive ketones (excluding diaryl/α,β-unsaturated/α-hetero) is 1. The van der Waals surface area contributed by atoms with E-state index >= 15 is 0 Å². The zero-order valence-corrected chi connectivity index (χ0v) is 39.8. The number of ketones is 1. The average Bonchev–Trinajstić information content (AvgIpc) is 3.99. The van der Waals surface area contributed by atoms with Crippen LogP contribution in [0.25, 0.3) is 41.5 Å². The fraction of sp³-hybridized carbons (Fsp3) is 0.510. The summed E-state index contributed by atoms with van der Waals surface area (Å²) in [5.41, 5.74) is 7.97. The zero-order chi connectivity index (χ0) is 44.1. The van der Waals surface area contributed by atoms with Gasteiger partial charge in [-0.2, -0.15) is 5.70 Å². The van der Waals surface area contributed by atoms with E-state index in [1.165, 1.54) is 44.8 Å². The van der Waals surface area contributed by atoms with Crippen LogP contribution in [0.4, 0.5) is 0 Å². The van der Waals surface area contributed by atoms with Crippen LogP contribution in [0.5, 0.6) is 0 Å². The Morgan fingerprint density at radius 3 is 2.32 bits per heavy atom. The molecule has 0 aromatic carbocycles. The summed E-state index contributed by atoms with van der Waals surface area (Å²) in [5, 5.41) is 17.8. The molecule has 62 heavy (non-hydrogen) atoms. The molecule has 8 bridgehead atoms. The SMILES string of the molecule is C=Cc1c2[n-]c(c1C)/C=C1\[N-]C(C3=c4[n-]/c(c(C)c4C(=O)[C@@H]3C(=O)OC)=C\c3[n-]c(/c(=C\O)c3CC)=C\2)[C@@H](CCC(=O)OC/C=C(\C)CCC[C@H](C)CCC[C@H](C)CC)[C@@H]1C.[Mg+2]. The van der Waals surface area contributed by atoms with Crippen LogP contribution in [0.1, 0.15) is 149 Å². The van der Waals surface area contributed by atoms with E-state index in [0.717, 1.165) is 47.4 Å². The van der Waals surface area contributed by atoms with Crippen molar-refractivity contribution < 1.29 is 29.0 Å². The fourth-order valence-electron chi connectivity index (χ4n) is 9.48. The van der Waals surface area contributed by atoms with Crippen molar-refractivity contribution >= 4 is 76.9 Å². The molecule has 6 rings (SSSR count). The van der Waals surface area contributed by atoms with Crippen molar-refractivity contribution in [1.29, 1.82) is 0 Å². The van der Waals surface area contributed by atoms with Gasteiger partial charge in [0.2, 0.25) is 0 Å². The topological polar surface area (TPSA) is 146 Å². The Morgan fingerprint density at radius 1 is 0.935 bits per heavy atom. The molecule has 0 radical (unpaired) electrons. The summed E-state index contributed by atoms with van der Waals surface area (Å²) >= 11 is 0. The van der Waals surface area contributed by atoms with Gasteiger partial charge in [-0.1, -0.05) is 131 Å². The standard InChI is InChI=1S/C51H64N4O6.Mg/c1-11-28(4)16-14-17-29(5)18-15-19-30(6)22-23-61-44(57)21-20-36-32(8)39-24-38-31(7)34(12-2)41(52-38)26-43-37(27-56)35(13-3)42(53-43)25-40-33(9)45-49(55-40)46(48(36)54-39)47(50(45)58)51(59)60-10;/h12,22,24-29,32,36,47-48H,2,11,13-21,23H2,1,3-10H3,(H,56,58);/q-4;+2/b30-22+,39-24-,43-26-;/t28-,29-,32+,36+,47-,48?;/m1./s1. The molecule has 3 aliphatic rings. The number of carbonyl (C=O) groups is 3. The summed E-state index contributed by atoms with van der Waals surface area (Å²) in [5.74, 6) is -1.51. The van der Waals surface area contributed by atoms with Gasteiger partial charge in [0.15, 0.2) is 5.78 Å². The average molecular weight is 853 g/mol. The van der Waals surface area contributed by atoms with Crippen LogP contribution in [0.3, 0.4) is 0 Å². The molecule has 1 fully saturated rings. The number of carbonyl (C=O) groups excluding carboxylic acids is 3. The Morgan fingerprint density at radius 2 is 1.65 bits per heavy atom. The second kappa shape index (κ2) is 21.3. The van der Waals surface area contributed by atoms with E-state index in [1.54, 1.807) is 6.08 Å². The molecular weight excluding hydrogens is 789 g/mol. The van der Waals surface area contributed by atoms with Gasteiger partial charge in [-0.15, -0.1) is 33.1 Å². The zero-order valence-electron chi connectivity index (χ0n) is 38.4. The van der Waals surface area contributed by atoms with Crippen LogP contribution in [0.15, 0.2) is 23.9 Å². The van der Waals surface area contributed by atoms with Crippen molar-refractivity contribution in [2.75, 3.05) is 13.7 Å². The first kappa shape index (κ1) is 48.5. The normalized spacial score (nSPS) is 22.4. The minimum atomic E-state index is -1.22. The predicted octanol–water partition coefficient (Wildman–Crippen LogP) is 6.74. The monoisotopic (exact) mass is 852 g/mol. The van der Waals surface area contributed by atoms with E-state index < -0.39 is 17.9 Å². The molecule has 1 N–H and O–H groups in total. The molecule has 1 aliphatic carbocycles. The number of esters is 2.